The van der Waals surface area contributed by atoms with E-state index in [1.807, 2.05) is 18.2 Å². The molecule has 6 nitrogen and oxygen atoms in total. The normalized spacial score (nSPS) is 19.4. The molecule has 2 N–H and O–H groups in total. The van der Waals surface area contributed by atoms with Gasteiger partial charge in [-0.05, 0) is 72.5 Å². The minimum atomic E-state index is -4.49. The Balaban J connectivity index is 1.31. The Kier molecular flexibility index (Phi) is 6.41. The van der Waals surface area contributed by atoms with Gasteiger partial charge in [0.2, 0.25) is 5.91 Å². The molecule has 0 bridgehead atoms. The zero-order valence-electron chi connectivity index (χ0n) is 19.3. The molecule has 190 valence electrons. The number of nitrogens with one attached hydrogen (secondary N) is 2. The average Bonchev–Trinajstić information content (AvgIpc) is 2.98. The molecule has 1 saturated heterocycles. The van der Waals surface area contributed by atoms with Gasteiger partial charge in [0.25, 0.3) is 11.8 Å². The molecule has 5 rings (SSSR count). The van der Waals surface area contributed by atoms with Crippen LogP contribution < -0.4 is 10.6 Å². The summed E-state index contributed by atoms with van der Waals surface area (Å²) >= 11 is 5.98. The number of hydrogen-bond donors (Lipinski definition) is 2. The number of amides is 3. The topological polar surface area (TPSA) is 78.5 Å². The maximum absolute atomic E-state index is 13.5. The summed E-state index contributed by atoms with van der Waals surface area (Å²) in [6, 6.07) is 15.1. The van der Waals surface area contributed by atoms with Gasteiger partial charge >= 0.3 is 6.18 Å². The van der Waals surface area contributed by atoms with Crippen molar-refractivity contribution in [2.75, 3.05) is 11.9 Å². The molecule has 3 aromatic rings. The van der Waals surface area contributed by atoms with Gasteiger partial charge in [-0.2, -0.15) is 13.2 Å². The number of benzene rings is 3. The standard InChI is InChI=1S/C27H21ClF3N3O3/c28-19-8-3-15(4-9-19)17-5-10-22-21(13-17)26(37)34-12-11-20(14-23(34)25(36)33-22)32-24(35)16-1-6-18(7-2-16)27(29,30)31/h1-10,13,20,23H,11-12,14H2,(H,32,35)(H,33,36)/t20-,23-/m0/s1. The van der Waals surface area contributed by atoms with Gasteiger partial charge in [0.05, 0.1) is 16.8 Å². The number of halogens is 4. The first-order chi connectivity index (χ1) is 17.6. The van der Waals surface area contributed by atoms with Crippen LogP contribution in [0.25, 0.3) is 11.1 Å². The predicted molar refractivity (Wildman–Crippen MR) is 132 cm³/mol. The van der Waals surface area contributed by atoms with Gasteiger partial charge < -0.3 is 15.5 Å². The smallest absolute Gasteiger partial charge is 0.349 e. The average molecular weight is 528 g/mol. The van der Waals surface area contributed by atoms with E-state index in [1.54, 1.807) is 24.3 Å². The van der Waals surface area contributed by atoms with Crippen LogP contribution in [-0.4, -0.2) is 41.2 Å². The van der Waals surface area contributed by atoms with E-state index in [4.69, 9.17) is 11.6 Å². The van der Waals surface area contributed by atoms with Crippen LogP contribution in [0.3, 0.4) is 0 Å². The second kappa shape index (κ2) is 9.55. The summed E-state index contributed by atoms with van der Waals surface area (Å²) < 4.78 is 38.4. The fourth-order valence-electron chi connectivity index (χ4n) is 4.69. The second-order valence-electron chi connectivity index (χ2n) is 9.04. The molecule has 0 aromatic heterocycles. The number of rotatable bonds is 3. The molecule has 3 amide bonds. The highest BCUT2D eigenvalue weighted by Crippen LogP contribution is 2.33. The first kappa shape index (κ1) is 24.8. The third-order valence-electron chi connectivity index (χ3n) is 6.66. The molecule has 2 aliphatic rings. The minimum absolute atomic E-state index is 0.0824. The van der Waals surface area contributed by atoms with Gasteiger partial charge in [0.1, 0.15) is 6.04 Å². The molecule has 0 radical (unpaired) electrons. The number of alkyl halides is 3. The maximum Gasteiger partial charge on any atom is 0.416 e. The van der Waals surface area contributed by atoms with E-state index >= 15 is 0 Å². The Labute approximate surface area is 215 Å². The fraction of sp³-hybridized carbons (Fsp3) is 0.222. The SMILES string of the molecule is O=C(N[C@H]1CCN2C(=O)c3cc(-c4ccc(Cl)cc4)ccc3NC(=O)[C@@H]2C1)c1ccc(C(F)(F)F)cc1. The number of carbonyl (C=O) groups excluding carboxylic acids is 3. The van der Waals surface area contributed by atoms with Crippen molar-refractivity contribution < 1.29 is 27.6 Å². The van der Waals surface area contributed by atoms with Crippen LogP contribution in [0.2, 0.25) is 5.02 Å². The molecule has 2 atom stereocenters. The lowest BCUT2D eigenvalue weighted by Gasteiger charge is -2.37. The highest BCUT2D eigenvalue weighted by atomic mass is 35.5. The van der Waals surface area contributed by atoms with Crippen LogP contribution in [0, 0.1) is 0 Å². The van der Waals surface area contributed by atoms with E-state index in [0.29, 0.717) is 22.7 Å². The molecular formula is C27H21ClF3N3O3. The first-order valence-corrected chi connectivity index (χ1v) is 12.0. The van der Waals surface area contributed by atoms with Crippen molar-refractivity contribution >= 4 is 35.0 Å². The van der Waals surface area contributed by atoms with Gasteiger partial charge in [-0.15, -0.1) is 0 Å². The Morgan fingerprint density at radius 1 is 0.973 bits per heavy atom. The Bertz CT molecular complexity index is 1370. The summed E-state index contributed by atoms with van der Waals surface area (Å²) in [6.07, 6.45) is -3.91. The Morgan fingerprint density at radius 3 is 2.32 bits per heavy atom. The van der Waals surface area contributed by atoms with E-state index < -0.39 is 29.7 Å². The maximum atomic E-state index is 13.5. The highest BCUT2D eigenvalue weighted by Gasteiger charge is 2.40. The van der Waals surface area contributed by atoms with Crippen molar-refractivity contribution in [3.05, 3.63) is 88.4 Å². The lowest BCUT2D eigenvalue weighted by molar-refractivity contribution is -0.137. The Morgan fingerprint density at radius 2 is 1.65 bits per heavy atom. The highest BCUT2D eigenvalue weighted by molar-refractivity contribution is 6.30. The third kappa shape index (κ3) is 5.04. The summed E-state index contributed by atoms with van der Waals surface area (Å²) in [5.41, 5.74) is 1.69. The van der Waals surface area contributed by atoms with Crippen LogP contribution in [0.1, 0.15) is 39.1 Å². The van der Waals surface area contributed by atoms with Crippen LogP contribution >= 0.6 is 11.6 Å². The van der Waals surface area contributed by atoms with E-state index in [9.17, 15) is 27.6 Å². The van der Waals surface area contributed by atoms with Crippen LogP contribution in [0.5, 0.6) is 0 Å². The zero-order valence-corrected chi connectivity index (χ0v) is 20.1. The summed E-state index contributed by atoms with van der Waals surface area (Å²) in [6.45, 7) is 0.236. The van der Waals surface area contributed by atoms with Gasteiger partial charge in [0, 0.05) is 23.2 Å². The van der Waals surface area contributed by atoms with Crippen molar-refractivity contribution in [1.82, 2.24) is 10.2 Å². The first-order valence-electron chi connectivity index (χ1n) is 11.6. The molecule has 0 aliphatic carbocycles. The fourth-order valence-corrected chi connectivity index (χ4v) is 4.82. The molecular weight excluding hydrogens is 507 g/mol. The van der Waals surface area contributed by atoms with Gasteiger partial charge in [-0.3, -0.25) is 14.4 Å². The summed E-state index contributed by atoms with van der Waals surface area (Å²) in [5.74, 6) is -1.19. The third-order valence-corrected chi connectivity index (χ3v) is 6.91. The Hall–Kier alpha value is -3.85. The molecule has 2 aliphatic heterocycles. The molecule has 1 fully saturated rings. The largest absolute Gasteiger partial charge is 0.416 e. The number of hydrogen-bond acceptors (Lipinski definition) is 3. The van der Waals surface area contributed by atoms with Crippen molar-refractivity contribution in [2.45, 2.75) is 31.1 Å². The molecule has 0 saturated carbocycles. The van der Waals surface area contributed by atoms with Crippen LogP contribution in [-0.2, 0) is 11.0 Å². The summed E-state index contributed by atoms with van der Waals surface area (Å²) in [5, 5.41) is 6.21. The van der Waals surface area contributed by atoms with Gasteiger partial charge in [-0.1, -0.05) is 29.8 Å². The summed E-state index contributed by atoms with van der Waals surface area (Å²) in [7, 11) is 0. The molecule has 0 spiro atoms. The summed E-state index contributed by atoms with van der Waals surface area (Å²) in [4.78, 5) is 40.6. The lowest BCUT2D eigenvalue weighted by atomic mass is 9.95. The van der Waals surface area contributed by atoms with E-state index in [-0.39, 0.29) is 30.3 Å². The molecule has 37 heavy (non-hydrogen) atoms. The van der Waals surface area contributed by atoms with Crippen LogP contribution in [0.4, 0.5) is 18.9 Å². The lowest BCUT2D eigenvalue weighted by Crippen LogP contribution is -2.55. The number of carbonyl (C=O) groups is 3. The van der Waals surface area contributed by atoms with E-state index in [1.165, 1.54) is 4.90 Å². The quantitative estimate of drug-likeness (QED) is 0.480. The predicted octanol–water partition coefficient (Wildman–Crippen LogP) is 5.38. The van der Waals surface area contributed by atoms with E-state index in [0.717, 1.165) is 35.4 Å². The number of nitrogens with zero attached hydrogens (tertiary/aromatic N) is 1. The molecule has 3 aromatic carbocycles. The van der Waals surface area contributed by atoms with Crippen molar-refractivity contribution in [1.29, 1.82) is 0 Å². The minimum Gasteiger partial charge on any atom is -0.349 e. The van der Waals surface area contributed by atoms with Crippen molar-refractivity contribution in [3.8, 4) is 11.1 Å². The zero-order chi connectivity index (χ0) is 26.3. The van der Waals surface area contributed by atoms with Gasteiger partial charge in [0.15, 0.2) is 0 Å². The number of anilines is 1. The molecule has 0 unspecified atom stereocenters. The van der Waals surface area contributed by atoms with Gasteiger partial charge in [-0.25, -0.2) is 0 Å². The van der Waals surface area contributed by atoms with Crippen molar-refractivity contribution in [2.24, 2.45) is 0 Å². The number of piperidine rings is 1. The number of fused-ring (bicyclic) bond motifs is 2. The molecule has 2 heterocycles. The van der Waals surface area contributed by atoms with Crippen molar-refractivity contribution in [3.63, 3.8) is 0 Å². The monoisotopic (exact) mass is 527 g/mol. The van der Waals surface area contributed by atoms with Crippen LogP contribution in [0.15, 0.2) is 66.7 Å². The second-order valence-corrected chi connectivity index (χ2v) is 9.48. The molecule has 10 heteroatoms. The van der Waals surface area contributed by atoms with E-state index in [2.05, 4.69) is 10.6 Å².